The number of nitrogens with zero attached hydrogens (tertiary/aromatic N) is 5. The highest BCUT2D eigenvalue weighted by Gasteiger charge is 2.72. The van der Waals surface area contributed by atoms with Gasteiger partial charge in [-0.15, -0.1) is 0 Å². The summed E-state index contributed by atoms with van der Waals surface area (Å²) in [6.07, 6.45) is 14.6. The topological polar surface area (TPSA) is 127 Å². The highest BCUT2D eigenvalue weighted by Crippen LogP contribution is 2.75. The number of hydrogen-bond donors (Lipinski definition) is 0. The van der Waals surface area contributed by atoms with Crippen LogP contribution < -0.4 is 4.74 Å². The maximum absolute atomic E-state index is 15.1. The molecule has 9 rings (SSSR count). The summed E-state index contributed by atoms with van der Waals surface area (Å²) in [4.78, 5) is 40.0. The number of methoxy groups -OCH3 is 1. The Labute approximate surface area is 405 Å². The lowest BCUT2D eigenvalue weighted by atomic mass is 9.34. The Hall–Kier alpha value is -4.29. The van der Waals surface area contributed by atoms with E-state index in [1.54, 1.807) is 13.4 Å². The van der Waals surface area contributed by atoms with Gasteiger partial charge in [-0.25, -0.2) is 14.5 Å². The Morgan fingerprint density at radius 2 is 1.66 bits per heavy atom. The molecular weight excluding hydrogens is 855 g/mol. The normalized spacial score (nSPS) is 37.0. The quantitative estimate of drug-likeness (QED) is 0.135. The van der Waals surface area contributed by atoms with Crippen LogP contribution in [0.4, 0.5) is 4.79 Å². The third-order valence-corrected chi connectivity index (χ3v) is 19.4. The molecule has 3 aromatic rings. The summed E-state index contributed by atoms with van der Waals surface area (Å²) in [6, 6.07) is 11.7. The predicted octanol–water partition coefficient (Wildman–Crippen LogP) is 11.3. The number of carbonyl (C=O) groups is 2. The number of hydrogen-bond acceptors (Lipinski definition) is 10. The van der Waals surface area contributed by atoms with Gasteiger partial charge in [-0.2, -0.15) is 5.10 Å². The minimum atomic E-state index is -0.602. The fraction of sp³-hybridized carbons (Fsp3) is 0.696. The minimum absolute atomic E-state index is 0.0738. The molecule has 0 unspecified atom stereocenters. The third kappa shape index (κ3) is 7.80. The van der Waals surface area contributed by atoms with Crippen molar-refractivity contribution in [2.24, 2.45) is 56.7 Å². The van der Waals surface area contributed by atoms with Crippen molar-refractivity contribution in [2.75, 3.05) is 33.5 Å². The van der Waals surface area contributed by atoms with Gasteiger partial charge in [0, 0.05) is 35.3 Å². The fourth-order valence-corrected chi connectivity index (χ4v) is 15.3. The van der Waals surface area contributed by atoms with Gasteiger partial charge in [0.1, 0.15) is 24.3 Å². The number of carbonyl (C=O) groups excluding carboxylic acids is 2. The summed E-state index contributed by atoms with van der Waals surface area (Å²) in [5.41, 5.74) is 0.813. The molecule has 12 atom stereocenters. The zero-order chi connectivity index (χ0) is 48.7. The number of ether oxygens (including phenoxy) is 5. The number of amides is 1. The molecule has 5 fully saturated rings. The van der Waals surface area contributed by atoms with E-state index in [4.69, 9.17) is 33.8 Å². The molecule has 3 saturated carbocycles. The van der Waals surface area contributed by atoms with Crippen LogP contribution in [0.25, 0.3) is 11.4 Å². The zero-order valence-electron chi connectivity index (χ0n) is 43.1. The van der Waals surface area contributed by atoms with E-state index < -0.39 is 16.6 Å². The standard InChI is InChI=1S/C56H79N5O7/c1-36(2)37(3)52(8)25-26-54(10)41-18-19-44-53(9)33-65-34-56(44,42(41)20-24-55(54,11)45(52)48(62)66-31-38-14-16-40(64-12)17-15-38)30-43(61-47(58-35-59-61)39-21-27-57-28-22-39)46(53)67-32-51(7)23-13-29-60(51)49(63)68-50(4,5)6/h14-17,20-22,27-28,35-37,41,43-46H,13,18-19,23-26,29-34H2,1-12H3/t37-,41+,43-,44+,45-,46+,51-,52-,53-,54-,55+,56+/m1/s1. The lowest BCUT2D eigenvalue weighted by molar-refractivity contribution is -0.253. The monoisotopic (exact) mass is 934 g/mol. The molecule has 68 heavy (non-hydrogen) atoms. The molecule has 0 spiro atoms. The van der Waals surface area contributed by atoms with Crippen molar-refractivity contribution in [1.82, 2.24) is 24.6 Å². The van der Waals surface area contributed by atoms with Gasteiger partial charge >= 0.3 is 12.1 Å². The molecule has 1 aromatic carbocycles. The van der Waals surface area contributed by atoms with Gasteiger partial charge < -0.3 is 28.6 Å². The average Bonchev–Trinajstić information content (AvgIpc) is 3.95. The second kappa shape index (κ2) is 17.5. The molecule has 2 aromatic heterocycles. The van der Waals surface area contributed by atoms with Crippen LogP contribution in [0.3, 0.4) is 0 Å². The number of fused-ring (bicyclic) bond motifs is 3. The molecule has 0 N–H and O–H groups in total. The summed E-state index contributed by atoms with van der Waals surface area (Å²) >= 11 is 0. The van der Waals surface area contributed by atoms with E-state index in [1.165, 1.54) is 5.57 Å². The van der Waals surface area contributed by atoms with Crippen LogP contribution >= 0.6 is 0 Å². The van der Waals surface area contributed by atoms with Crippen LogP contribution in [0.1, 0.15) is 139 Å². The first-order valence-corrected chi connectivity index (χ1v) is 25.6. The van der Waals surface area contributed by atoms with E-state index >= 15 is 4.79 Å². The molecule has 6 aliphatic rings. The van der Waals surface area contributed by atoms with Gasteiger partial charge in [-0.3, -0.25) is 9.78 Å². The molecule has 370 valence electrons. The maximum Gasteiger partial charge on any atom is 0.410 e. The van der Waals surface area contributed by atoms with Gasteiger partial charge in [0.25, 0.3) is 0 Å². The molecular formula is C56H79N5O7. The fourth-order valence-electron chi connectivity index (χ4n) is 15.3. The first-order chi connectivity index (χ1) is 32.1. The van der Waals surface area contributed by atoms with Crippen molar-refractivity contribution < 1.29 is 33.3 Å². The highest BCUT2D eigenvalue weighted by molar-refractivity contribution is 5.75. The number of esters is 1. The molecule has 2 aliphatic heterocycles. The van der Waals surface area contributed by atoms with E-state index in [2.05, 4.69) is 71.1 Å². The van der Waals surface area contributed by atoms with Crippen LogP contribution in [-0.2, 0) is 30.3 Å². The highest BCUT2D eigenvalue weighted by atomic mass is 16.6. The predicted molar refractivity (Wildman–Crippen MR) is 261 cm³/mol. The third-order valence-electron chi connectivity index (χ3n) is 19.4. The van der Waals surface area contributed by atoms with Crippen molar-refractivity contribution in [1.29, 1.82) is 0 Å². The summed E-state index contributed by atoms with van der Waals surface area (Å²) in [7, 11) is 1.67. The molecule has 1 amide bonds. The van der Waals surface area contributed by atoms with E-state index in [-0.39, 0.29) is 70.2 Å². The SMILES string of the molecule is COc1ccc(COC(=O)[C@@H]2[C@@](C)([C@H](C)C(C)C)CC[C@]3(C)[C@H]4CC[C@@H]5[C@@]6(COC[C@@]5(C)[C@@H](OC[C@@]5(C)CCCN5C(=O)OC(C)(C)C)[C@H](n5ncnc5-c5ccncc5)C6)C4=CC[C@@]23C)cc1. The second-order valence-corrected chi connectivity index (χ2v) is 24.5. The smallest absolute Gasteiger partial charge is 0.410 e. The molecule has 0 radical (unpaired) electrons. The van der Waals surface area contributed by atoms with Gasteiger partial charge in [-0.1, -0.05) is 72.2 Å². The second-order valence-electron chi connectivity index (χ2n) is 24.5. The molecule has 4 heterocycles. The Morgan fingerprint density at radius 3 is 2.35 bits per heavy atom. The van der Waals surface area contributed by atoms with Crippen molar-refractivity contribution in [2.45, 2.75) is 157 Å². The van der Waals surface area contributed by atoms with Crippen molar-refractivity contribution >= 4 is 12.1 Å². The van der Waals surface area contributed by atoms with Crippen molar-refractivity contribution in [3.05, 3.63) is 72.3 Å². The van der Waals surface area contributed by atoms with Gasteiger partial charge in [0.2, 0.25) is 0 Å². The van der Waals surface area contributed by atoms with Gasteiger partial charge in [-0.05, 0) is 149 Å². The minimum Gasteiger partial charge on any atom is -0.497 e. The van der Waals surface area contributed by atoms with Crippen molar-refractivity contribution in [3.8, 4) is 17.1 Å². The molecule has 12 heteroatoms. The first kappa shape index (κ1) is 48.7. The zero-order valence-corrected chi connectivity index (χ0v) is 43.1. The number of benzene rings is 1. The van der Waals surface area contributed by atoms with E-state index in [9.17, 15) is 4.79 Å². The number of aromatic nitrogens is 4. The summed E-state index contributed by atoms with van der Waals surface area (Å²) in [5, 5.41) is 5.06. The van der Waals surface area contributed by atoms with E-state index in [1.807, 2.05) is 74.5 Å². The number of rotatable bonds is 11. The van der Waals surface area contributed by atoms with Crippen LogP contribution in [0.5, 0.6) is 5.75 Å². The summed E-state index contributed by atoms with van der Waals surface area (Å²) < 4.78 is 34.4. The van der Waals surface area contributed by atoms with Gasteiger partial charge in [0.15, 0.2) is 5.82 Å². The average molecular weight is 934 g/mol. The molecule has 2 bridgehead atoms. The molecule has 4 aliphatic carbocycles. The first-order valence-electron chi connectivity index (χ1n) is 25.6. The number of likely N-dealkylation sites (tertiary alicyclic amines) is 1. The van der Waals surface area contributed by atoms with Crippen LogP contribution in [-0.4, -0.2) is 87.4 Å². The number of pyridine rings is 1. The maximum atomic E-state index is 15.1. The largest absolute Gasteiger partial charge is 0.497 e. The van der Waals surface area contributed by atoms with E-state index in [0.717, 1.165) is 74.1 Å². The Bertz CT molecular complexity index is 2360. The molecule has 12 nitrogen and oxygen atoms in total. The van der Waals surface area contributed by atoms with E-state index in [0.29, 0.717) is 38.2 Å². The Kier molecular flexibility index (Phi) is 12.6. The Morgan fingerprint density at radius 1 is 0.926 bits per heavy atom. The van der Waals surface area contributed by atoms with Crippen LogP contribution in [0.2, 0.25) is 0 Å². The lowest BCUT2D eigenvalue weighted by Crippen LogP contribution is -2.69. The number of allylic oxidation sites excluding steroid dienone is 1. The lowest BCUT2D eigenvalue weighted by Gasteiger charge is -2.71. The van der Waals surface area contributed by atoms with Crippen LogP contribution in [0, 0.1) is 56.7 Å². The Balaban J connectivity index is 1.10. The van der Waals surface area contributed by atoms with Crippen LogP contribution in [0.15, 0.2) is 66.8 Å². The summed E-state index contributed by atoms with van der Waals surface area (Å²) in [5.74, 6) is 2.46. The van der Waals surface area contributed by atoms with Gasteiger partial charge in [0.05, 0.1) is 50.5 Å². The summed E-state index contributed by atoms with van der Waals surface area (Å²) in [6.45, 7) is 27.1. The van der Waals surface area contributed by atoms with Crippen molar-refractivity contribution in [3.63, 3.8) is 0 Å². The molecule has 2 saturated heterocycles.